The third-order valence-corrected chi connectivity index (χ3v) is 6.69. The van der Waals surface area contributed by atoms with Crippen LogP contribution in [0.2, 0.25) is 0 Å². The molecule has 200 valence electrons. The Morgan fingerprint density at radius 1 is 0.622 bits per heavy atom. The quantitative estimate of drug-likeness (QED) is 0.172. The van der Waals surface area contributed by atoms with Crippen LogP contribution in [0.5, 0.6) is 17.2 Å². The standard InChI is InChI=1S/C33H44O4/c1-5-6-7-8-9-10-23-35-31-17-11-28(12-18-31)25-36-32-19-13-29(14-20-32)30-15-21-33(22-16-30)37-27(3)26(2)24-34-4/h11-22,26-27H,5-10,23-25H2,1-4H3/t26-,27+/m0/s1. The van der Waals surface area contributed by atoms with E-state index in [-0.39, 0.29) is 6.10 Å². The summed E-state index contributed by atoms with van der Waals surface area (Å²) in [6, 6.07) is 24.7. The van der Waals surface area contributed by atoms with Crippen molar-refractivity contribution in [3.8, 4) is 28.4 Å². The molecule has 0 aliphatic heterocycles. The van der Waals surface area contributed by atoms with E-state index in [4.69, 9.17) is 18.9 Å². The minimum Gasteiger partial charge on any atom is -0.494 e. The highest BCUT2D eigenvalue weighted by Gasteiger charge is 2.13. The smallest absolute Gasteiger partial charge is 0.119 e. The van der Waals surface area contributed by atoms with Crippen LogP contribution in [0.4, 0.5) is 0 Å². The summed E-state index contributed by atoms with van der Waals surface area (Å²) < 4.78 is 23.2. The van der Waals surface area contributed by atoms with E-state index >= 15 is 0 Å². The summed E-state index contributed by atoms with van der Waals surface area (Å²) in [5.41, 5.74) is 3.42. The summed E-state index contributed by atoms with van der Waals surface area (Å²) in [6.07, 6.45) is 7.74. The molecule has 2 atom stereocenters. The minimum atomic E-state index is 0.0936. The minimum absolute atomic E-state index is 0.0936. The topological polar surface area (TPSA) is 36.9 Å². The van der Waals surface area contributed by atoms with E-state index < -0.39 is 0 Å². The average molecular weight is 505 g/mol. The normalized spacial score (nSPS) is 12.6. The first-order chi connectivity index (χ1) is 18.1. The maximum Gasteiger partial charge on any atom is 0.119 e. The van der Waals surface area contributed by atoms with Gasteiger partial charge < -0.3 is 18.9 Å². The summed E-state index contributed by atoms with van der Waals surface area (Å²) in [7, 11) is 1.72. The molecule has 3 rings (SSSR count). The molecule has 0 spiro atoms. The largest absolute Gasteiger partial charge is 0.494 e. The van der Waals surface area contributed by atoms with Crippen molar-refractivity contribution < 1.29 is 18.9 Å². The van der Waals surface area contributed by atoms with Gasteiger partial charge >= 0.3 is 0 Å². The van der Waals surface area contributed by atoms with E-state index in [1.54, 1.807) is 7.11 Å². The molecule has 0 saturated heterocycles. The Bertz CT molecular complexity index is 996. The molecule has 0 radical (unpaired) electrons. The van der Waals surface area contributed by atoms with Gasteiger partial charge in [0.2, 0.25) is 0 Å². The number of hydrogen-bond acceptors (Lipinski definition) is 4. The van der Waals surface area contributed by atoms with Gasteiger partial charge in [0.05, 0.1) is 13.2 Å². The first kappa shape index (κ1) is 28.6. The van der Waals surface area contributed by atoms with Crippen LogP contribution in [0.3, 0.4) is 0 Å². The fourth-order valence-electron chi connectivity index (χ4n) is 4.12. The van der Waals surface area contributed by atoms with Crippen molar-refractivity contribution in [2.24, 2.45) is 5.92 Å². The number of ether oxygens (including phenoxy) is 4. The summed E-state index contributed by atoms with van der Waals surface area (Å²) >= 11 is 0. The lowest BCUT2D eigenvalue weighted by atomic mass is 10.1. The molecule has 4 heteroatoms. The Kier molecular flexibility index (Phi) is 12.4. The van der Waals surface area contributed by atoms with E-state index in [1.807, 2.05) is 36.4 Å². The van der Waals surface area contributed by atoms with E-state index in [0.717, 1.165) is 47.0 Å². The van der Waals surface area contributed by atoms with Gasteiger partial charge in [-0.15, -0.1) is 0 Å². The van der Waals surface area contributed by atoms with Crippen LogP contribution in [0.1, 0.15) is 64.9 Å². The fraction of sp³-hybridized carbons (Fsp3) is 0.455. The zero-order chi connectivity index (χ0) is 26.3. The molecule has 3 aromatic carbocycles. The number of methoxy groups -OCH3 is 1. The molecular formula is C33H44O4. The van der Waals surface area contributed by atoms with Gasteiger partial charge in [0.25, 0.3) is 0 Å². The first-order valence-electron chi connectivity index (χ1n) is 13.8. The van der Waals surface area contributed by atoms with Gasteiger partial charge in [-0.25, -0.2) is 0 Å². The molecule has 0 bridgehead atoms. The highest BCUT2D eigenvalue weighted by atomic mass is 16.5. The predicted molar refractivity (Wildman–Crippen MR) is 153 cm³/mol. The Morgan fingerprint density at radius 2 is 1.16 bits per heavy atom. The molecule has 0 fully saturated rings. The van der Waals surface area contributed by atoms with Crippen LogP contribution in [0, 0.1) is 5.92 Å². The Morgan fingerprint density at radius 3 is 1.78 bits per heavy atom. The lowest BCUT2D eigenvalue weighted by Crippen LogP contribution is -2.24. The van der Waals surface area contributed by atoms with Crippen molar-refractivity contribution in [3.63, 3.8) is 0 Å². The molecule has 0 aliphatic rings. The lowest BCUT2D eigenvalue weighted by Gasteiger charge is -2.21. The van der Waals surface area contributed by atoms with Crippen molar-refractivity contribution in [2.45, 2.75) is 72.0 Å². The highest BCUT2D eigenvalue weighted by molar-refractivity contribution is 5.64. The van der Waals surface area contributed by atoms with Crippen LogP contribution >= 0.6 is 0 Å². The van der Waals surface area contributed by atoms with Crippen LogP contribution in [-0.4, -0.2) is 26.4 Å². The molecule has 0 aliphatic carbocycles. The van der Waals surface area contributed by atoms with Gasteiger partial charge in [0.1, 0.15) is 30.0 Å². The zero-order valence-electron chi connectivity index (χ0n) is 23.1. The van der Waals surface area contributed by atoms with Crippen LogP contribution in [0.25, 0.3) is 11.1 Å². The molecule has 4 nitrogen and oxygen atoms in total. The van der Waals surface area contributed by atoms with Gasteiger partial charge in [-0.3, -0.25) is 0 Å². The van der Waals surface area contributed by atoms with Crippen molar-refractivity contribution in [3.05, 3.63) is 78.4 Å². The fourth-order valence-corrected chi connectivity index (χ4v) is 4.12. The van der Waals surface area contributed by atoms with Crippen molar-refractivity contribution >= 4 is 0 Å². The third-order valence-electron chi connectivity index (χ3n) is 6.69. The van der Waals surface area contributed by atoms with Crippen LogP contribution in [0.15, 0.2) is 72.8 Å². The van der Waals surface area contributed by atoms with Gasteiger partial charge in [-0.05, 0) is 66.4 Å². The number of rotatable bonds is 17. The molecule has 0 unspecified atom stereocenters. The predicted octanol–water partition coefficient (Wildman–Crippen LogP) is 8.72. The Labute approximate surface area is 223 Å². The first-order valence-corrected chi connectivity index (χ1v) is 13.8. The van der Waals surface area contributed by atoms with Crippen LogP contribution < -0.4 is 14.2 Å². The van der Waals surface area contributed by atoms with E-state index in [0.29, 0.717) is 19.1 Å². The van der Waals surface area contributed by atoms with Crippen molar-refractivity contribution in [1.82, 2.24) is 0 Å². The maximum atomic E-state index is 6.05. The van der Waals surface area contributed by atoms with E-state index in [1.165, 1.54) is 32.1 Å². The highest BCUT2D eigenvalue weighted by Crippen LogP contribution is 2.26. The summed E-state index contributed by atoms with van der Waals surface area (Å²) in [4.78, 5) is 0. The monoisotopic (exact) mass is 504 g/mol. The number of unbranched alkanes of at least 4 members (excludes halogenated alkanes) is 5. The lowest BCUT2D eigenvalue weighted by molar-refractivity contribution is 0.0827. The molecule has 0 saturated carbocycles. The van der Waals surface area contributed by atoms with Gasteiger partial charge in [0.15, 0.2) is 0 Å². The number of hydrogen-bond donors (Lipinski definition) is 0. The van der Waals surface area contributed by atoms with Gasteiger partial charge in [-0.1, -0.05) is 82.3 Å². The van der Waals surface area contributed by atoms with Crippen LogP contribution in [-0.2, 0) is 11.3 Å². The van der Waals surface area contributed by atoms with Crippen molar-refractivity contribution in [2.75, 3.05) is 20.3 Å². The third kappa shape index (κ3) is 10.1. The maximum absolute atomic E-state index is 6.05. The number of benzene rings is 3. The Hall–Kier alpha value is -2.98. The van der Waals surface area contributed by atoms with Crippen molar-refractivity contribution in [1.29, 1.82) is 0 Å². The van der Waals surface area contributed by atoms with Gasteiger partial charge in [0, 0.05) is 13.0 Å². The zero-order valence-corrected chi connectivity index (χ0v) is 23.1. The molecule has 0 N–H and O–H groups in total. The molecule has 37 heavy (non-hydrogen) atoms. The second-order valence-electron chi connectivity index (χ2n) is 9.85. The van der Waals surface area contributed by atoms with E-state index in [9.17, 15) is 0 Å². The van der Waals surface area contributed by atoms with E-state index in [2.05, 4.69) is 57.2 Å². The second kappa shape index (κ2) is 16.0. The molecule has 0 amide bonds. The average Bonchev–Trinajstić information content (AvgIpc) is 2.93. The Balaban J connectivity index is 1.41. The molecule has 0 heterocycles. The van der Waals surface area contributed by atoms with Gasteiger partial charge in [-0.2, -0.15) is 0 Å². The summed E-state index contributed by atoms with van der Waals surface area (Å²) in [6.45, 7) is 8.47. The molecule has 0 aromatic heterocycles. The molecule has 3 aromatic rings. The summed E-state index contributed by atoms with van der Waals surface area (Å²) in [5.74, 6) is 2.99. The second-order valence-corrected chi connectivity index (χ2v) is 9.85. The summed E-state index contributed by atoms with van der Waals surface area (Å²) in [5, 5.41) is 0. The SMILES string of the molecule is CCCCCCCCOc1ccc(COc2ccc(-c3ccc(O[C@H](C)[C@@H](C)COC)cc3)cc2)cc1. The molecular weight excluding hydrogens is 460 g/mol.